The number of nitrogens with zero attached hydrogens (tertiary/aromatic N) is 3. The van der Waals surface area contributed by atoms with Crippen molar-refractivity contribution in [2.45, 2.75) is 25.2 Å². The number of benzene rings is 3. The number of hydrogen-bond donors (Lipinski definition) is 3. The second kappa shape index (κ2) is 10.3. The zero-order valence-corrected chi connectivity index (χ0v) is 18.3. The molecule has 1 amide bonds. The third kappa shape index (κ3) is 5.77. The van der Waals surface area contributed by atoms with Crippen LogP contribution in [0.15, 0.2) is 72.9 Å². The van der Waals surface area contributed by atoms with Crippen molar-refractivity contribution < 1.29 is 19.6 Å². The van der Waals surface area contributed by atoms with Crippen molar-refractivity contribution in [1.82, 2.24) is 20.3 Å². The minimum Gasteiger partial charge on any atom is -0.497 e. The van der Waals surface area contributed by atoms with Crippen molar-refractivity contribution in [3.05, 3.63) is 84.2 Å². The number of ether oxygens (including phenoxy) is 1. The van der Waals surface area contributed by atoms with Gasteiger partial charge in [0.1, 0.15) is 5.75 Å². The van der Waals surface area contributed by atoms with Crippen LogP contribution in [0.4, 0.5) is 0 Å². The van der Waals surface area contributed by atoms with Gasteiger partial charge in [-0.3, -0.25) is 4.79 Å². The lowest BCUT2D eigenvalue weighted by atomic mass is 9.75. The van der Waals surface area contributed by atoms with Crippen molar-refractivity contribution in [3.8, 4) is 11.4 Å². The van der Waals surface area contributed by atoms with Gasteiger partial charge in [0.15, 0.2) is 0 Å². The Morgan fingerprint density at radius 1 is 1.09 bits per heavy atom. The molecule has 168 valence electrons. The molecule has 0 aliphatic rings. The third-order valence-corrected chi connectivity index (χ3v) is 5.46. The monoisotopic (exact) mass is 444 g/mol. The Balaban J connectivity index is 1.34. The summed E-state index contributed by atoms with van der Waals surface area (Å²) in [6.07, 6.45) is 2.61. The standard InChI is InChI=1S/C24H25BN4O4/c1-33-22-11-9-21(10-12-22)29-16-20(27-28-29)8-13-24(30)26-23(25(31)32)15-17-6-7-18-4-2-3-5-19(18)14-17/h2-7,9-12,14,16,23,31-32H,8,13,15H2,1H3,(H,26,30). The van der Waals surface area contributed by atoms with Crippen LogP contribution in [0, 0.1) is 0 Å². The van der Waals surface area contributed by atoms with Gasteiger partial charge in [0.05, 0.1) is 30.6 Å². The summed E-state index contributed by atoms with van der Waals surface area (Å²) in [6.45, 7) is 0. The van der Waals surface area contributed by atoms with Gasteiger partial charge in [-0.25, -0.2) is 4.68 Å². The van der Waals surface area contributed by atoms with Gasteiger partial charge in [0.25, 0.3) is 0 Å². The highest BCUT2D eigenvalue weighted by Gasteiger charge is 2.25. The van der Waals surface area contributed by atoms with Crippen LogP contribution in [-0.4, -0.2) is 51.1 Å². The summed E-state index contributed by atoms with van der Waals surface area (Å²) in [7, 11) is -0.0631. The lowest BCUT2D eigenvalue weighted by Crippen LogP contribution is -2.48. The molecule has 9 heteroatoms. The first-order chi connectivity index (χ1) is 16.0. The quantitative estimate of drug-likeness (QED) is 0.341. The van der Waals surface area contributed by atoms with Gasteiger partial charge in [0.2, 0.25) is 5.91 Å². The Morgan fingerprint density at radius 2 is 1.85 bits per heavy atom. The summed E-state index contributed by atoms with van der Waals surface area (Å²) in [4.78, 5) is 12.5. The van der Waals surface area contributed by atoms with Crippen molar-refractivity contribution >= 4 is 23.8 Å². The molecule has 1 aromatic heterocycles. The molecule has 3 N–H and O–H groups in total. The van der Waals surface area contributed by atoms with Crippen LogP contribution in [0.2, 0.25) is 0 Å². The first-order valence-electron chi connectivity index (χ1n) is 10.7. The first kappa shape index (κ1) is 22.5. The number of aromatic nitrogens is 3. The maximum Gasteiger partial charge on any atom is 0.475 e. The van der Waals surface area contributed by atoms with E-state index in [1.807, 2.05) is 66.7 Å². The molecule has 0 aliphatic heterocycles. The molecule has 1 heterocycles. The van der Waals surface area contributed by atoms with Crippen molar-refractivity contribution in [1.29, 1.82) is 0 Å². The van der Waals surface area contributed by atoms with E-state index in [-0.39, 0.29) is 12.3 Å². The van der Waals surface area contributed by atoms with Crippen molar-refractivity contribution in [2.75, 3.05) is 7.11 Å². The normalized spacial score (nSPS) is 11.8. The highest BCUT2D eigenvalue weighted by Crippen LogP contribution is 2.17. The van der Waals surface area contributed by atoms with Gasteiger partial charge in [-0.05, 0) is 47.0 Å². The zero-order chi connectivity index (χ0) is 23.2. The highest BCUT2D eigenvalue weighted by atomic mass is 16.5. The molecule has 3 aromatic carbocycles. The minimum atomic E-state index is -1.67. The lowest BCUT2D eigenvalue weighted by Gasteiger charge is -2.18. The fourth-order valence-electron chi connectivity index (χ4n) is 3.65. The molecular weight excluding hydrogens is 419 g/mol. The van der Waals surface area contributed by atoms with Gasteiger partial charge < -0.3 is 20.1 Å². The fraction of sp³-hybridized carbons (Fsp3) is 0.208. The summed E-state index contributed by atoms with van der Waals surface area (Å²) in [5, 5.41) is 32.7. The molecule has 8 nitrogen and oxygen atoms in total. The van der Waals surface area contributed by atoms with Crippen molar-refractivity contribution in [3.63, 3.8) is 0 Å². The molecule has 0 saturated heterocycles. The predicted molar refractivity (Wildman–Crippen MR) is 126 cm³/mol. The van der Waals surface area contributed by atoms with E-state index in [1.165, 1.54) is 0 Å². The van der Waals surface area contributed by atoms with E-state index in [0.29, 0.717) is 18.5 Å². The van der Waals surface area contributed by atoms with Gasteiger partial charge in [-0.15, -0.1) is 5.10 Å². The van der Waals surface area contributed by atoms with E-state index in [2.05, 4.69) is 15.6 Å². The predicted octanol–water partition coefficient (Wildman–Crippen LogP) is 2.10. The number of hydrogen-bond acceptors (Lipinski definition) is 6. The fourth-order valence-corrected chi connectivity index (χ4v) is 3.65. The Bertz CT molecular complexity index is 1230. The van der Waals surface area contributed by atoms with E-state index < -0.39 is 13.1 Å². The van der Waals surface area contributed by atoms with Gasteiger partial charge >= 0.3 is 7.12 Å². The number of aryl methyl sites for hydroxylation is 1. The molecule has 1 unspecified atom stereocenters. The Labute approximate surface area is 192 Å². The number of amides is 1. The number of carbonyl (C=O) groups is 1. The average molecular weight is 444 g/mol. The van der Waals surface area contributed by atoms with E-state index in [0.717, 1.165) is 27.8 Å². The molecule has 0 saturated carbocycles. The third-order valence-electron chi connectivity index (χ3n) is 5.46. The second-order valence-electron chi connectivity index (χ2n) is 7.83. The van der Waals surface area contributed by atoms with E-state index in [1.54, 1.807) is 18.0 Å². The average Bonchev–Trinajstić information content (AvgIpc) is 3.31. The largest absolute Gasteiger partial charge is 0.497 e. The van der Waals surface area contributed by atoms with Crippen LogP contribution in [-0.2, 0) is 17.6 Å². The summed E-state index contributed by atoms with van der Waals surface area (Å²) in [5.74, 6) is -0.346. The maximum atomic E-state index is 12.5. The summed E-state index contributed by atoms with van der Waals surface area (Å²) < 4.78 is 6.79. The highest BCUT2D eigenvalue weighted by molar-refractivity contribution is 6.43. The topological polar surface area (TPSA) is 110 Å². The molecule has 1 atom stereocenters. The van der Waals surface area contributed by atoms with Gasteiger partial charge in [0, 0.05) is 12.8 Å². The van der Waals surface area contributed by atoms with Crippen LogP contribution in [0.1, 0.15) is 17.7 Å². The SMILES string of the molecule is COc1ccc(-n2cc(CCC(=O)NC(Cc3ccc4ccccc4c3)B(O)O)nn2)cc1. The van der Waals surface area contributed by atoms with Crippen LogP contribution in [0.5, 0.6) is 5.75 Å². The Kier molecular flexibility index (Phi) is 7.02. The van der Waals surface area contributed by atoms with E-state index >= 15 is 0 Å². The lowest BCUT2D eigenvalue weighted by molar-refractivity contribution is -0.121. The zero-order valence-electron chi connectivity index (χ0n) is 18.3. The molecule has 4 rings (SSSR count). The van der Waals surface area contributed by atoms with Gasteiger partial charge in [-0.1, -0.05) is 47.7 Å². The summed E-state index contributed by atoms with van der Waals surface area (Å²) in [6, 6.07) is 21.3. The van der Waals surface area contributed by atoms with Crippen LogP contribution < -0.4 is 10.1 Å². The number of nitrogens with one attached hydrogen (secondary N) is 1. The van der Waals surface area contributed by atoms with Crippen LogP contribution in [0.3, 0.4) is 0 Å². The first-order valence-corrected chi connectivity index (χ1v) is 10.7. The van der Waals surface area contributed by atoms with Crippen LogP contribution >= 0.6 is 0 Å². The molecular formula is C24H25BN4O4. The second-order valence-corrected chi connectivity index (χ2v) is 7.83. The van der Waals surface area contributed by atoms with Crippen molar-refractivity contribution in [2.24, 2.45) is 0 Å². The molecule has 0 spiro atoms. The van der Waals surface area contributed by atoms with E-state index in [4.69, 9.17) is 4.74 Å². The molecule has 33 heavy (non-hydrogen) atoms. The van der Waals surface area contributed by atoms with Crippen LogP contribution in [0.25, 0.3) is 16.5 Å². The molecule has 0 bridgehead atoms. The molecule has 0 radical (unpaired) electrons. The Morgan fingerprint density at radius 3 is 2.58 bits per heavy atom. The molecule has 0 aliphatic carbocycles. The smallest absolute Gasteiger partial charge is 0.475 e. The number of rotatable bonds is 9. The maximum absolute atomic E-state index is 12.5. The Hall–Kier alpha value is -3.69. The summed E-state index contributed by atoms with van der Waals surface area (Å²) >= 11 is 0. The number of carbonyl (C=O) groups excluding carboxylic acids is 1. The minimum absolute atomic E-state index is 0.155. The molecule has 4 aromatic rings. The number of fused-ring (bicyclic) bond motifs is 1. The number of methoxy groups -OCH3 is 1. The van der Waals surface area contributed by atoms with Gasteiger partial charge in [-0.2, -0.15) is 0 Å². The van der Waals surface area contributed by atoms with E-state index in [9.17, 15) is 14.8 Å². The molecule has 0 fully saturated rings. The summed E-state index contributed by atoms with van der Waals surface area (Å²) in [5.41, 5.74) is 2.41.